The molecule has 3 rings (SSSR count). The molecule has 0 radical (unpaired) electrons. The molecule has 3 aliphatic rings. The molecule has 2 heterocycles. The maximum absolute atomic E-state index is 12.7. The summed E-state index contributed by atoms with van der Waals surface area (Å²) in [6.07, 6.45) is 11.1. The van der Waals surface area contributed by atoms with Crippen molar-refractivity contribution in [1.29, 1.82) is 0 Å². The first-order chi connectivity index (χ1) is 12.1. The molecule has 1 aliphatic carbocycles. The molecule has 2 saturated heterocycles. The fourth-order valence-electron chi connectivity index (χ4n) is 4.79. The summed E-state index contributed by atoms with van der Waals surface area (Å²) in [6, 6.07) is 0.498. The normalized spacial score (nSPS) is 30.0. The number of hydrogen-bond donors (Lipinski definition) is 0. The van der Waals surface area contributed by atoms with E-state index in [0.29, 0.717) is 5.75 Å². The average molecular weight is 372 g/mol. The van der Waals surface area contributed by atoms with Gasteiger partial charge in [0.1, 0.15) is 0 Å². The number of nitrogens with zero attached hydrogens (tertiary/aromatic N) is 3. The largest absolute Gasteiger partial charge is 0.301 e. The van der Waals surface area contributed by atoms with Gasteiger partial charge >= 0.3 is 0 Å². The quantitative estimate of drug-likeness (QED) is 0.645. The van der Waals surface area contributed by atoms with Gasteiger partial charge in [-0.3, -0.25) is 4.90 Å². The molecule has 1 unspecified atom stereocenters. The molecule has 0 amide bonds. The smallest absolute Gasteiger partial charge is 0.216 e. The van der Waals surface area contributed by atoms with E-state index in [0.717, 1.165) is 45.6 Å². The van der Waals surface area contributed by atoms with Crippen molar-refractivity contribution in [2.24, 2.45) is 0 Å². The van der Waals surface area contributed by atoms with Crippen LogP contribution in [0.25, 0.3) is 0 Å². The van der Waals surface area contributed by atoms with Crippen LogP contribution in [0, 0.1) is 0 Å². The second-order valence-electron chi connectivity index (χ2n) is 8.23. The van der Waals surface area contributed by atoms with Crippen molar-refractivity contribution in [3.05, 3.63) is 0 Å². The summed E-state index contributed by atoms with van der Waals surface area (Å²) >= 11 is 0. The van der Waals surface area contributed by atoms with Crippen LogP contribution in [0.1, 0.15) is 64.7 Å². The highest BCUT2D eigenvalue weighted by atomic mass is 32.2. The second kappa shape index (κ2) is 9.16. The molecule has 3 fully saturated rings. The van der Waals surface area contributed by atoms with Gasteiger partial charge in [-0.1, -0.05) is 45.4 Å². The standard InChI is InChI=1S/C19H37N3O2S/c1-2-3-4-8-11-20-12-14-21(15-13-20)19-16-22(25(23,24)17-19)18-9-6-5-7-10-18/h18-19H,2-17H2,1H3. The van der Waals surface area contributed by atoms with E-state index in [1.165, 1.54) is 51.5 Å². The van der Waals surface area contributed by atoms with Crippen molar-refractivity contribution >= 4 is 10.0 Å². The summed E-state index contributed by atoms with van der Waals surface area (Å²) in [6.45, 7) is 8.48. The highest BCUT2D eigenvalue weighted by Crippen LogP contribution is 2.30. The van der Waals surface area contributed by atoms with Crippen LogP contribution in [0.3, 0.4) is 0 Å². The molecule has 0 N–H and O–H groups in total. The van der Waals surface area contributed by atoms with Gasteiger partial charge in [-0.25, -0.2) is 8.42 Å². The summed E-state index contributed by atoms with van der Waals surface area (Å²) in [7, 11) is -3.04. The lowest BCUT2D eigenvalue weighted by Gasteiger charge is -2.38. The van der Waals surface area contributed by atoms with E-state index in [1.54, 1.807) is 0 Å². The van der Waals surface area contributed by atoms with Crippen molar-refractivity contribution in [1.82, 2.24) is 14.1 Å². The Bertz CT molecular complexity index is 497. The average Bonchev–Trinajstić information content (AvgIpc) is 2.95. The van der Waals surface area contributed by atoms with Gasteiger partial charge in [-0.05, 0) is 25.8 Å². The minimum atomic E-state index is -3.04. The van der Waals surface area contributed by atoms with Crippen LogP contribution in [0.5, 0.6) is 0 Å². The SMILES string of the molecule is CCCCCCN1CCN(C2CN(C3CCCCC3)S(=O)(=O)C2)CC1. The van der Waals surface area contributed by atoms with E-state index in [1.807, 2.05) is 4.31 Å². The first-order valence-corrected chi connectivity index (χ1v) is 12.2. The monoisotopic (exact) mass is 371 g/mol. The Morgan fingerprint density at radius 3 is 2.28 bits per heavy atom. The number of sulfonamides is 1. The lowest BCUT2D eigenvalue weighted by Crippen LogP contribution is -2.52. The van der Waals surface area contributed by atoms with Crippen molar-refractivity contribution in [2.45, 2.75) is 76.8 Å². The topological polar surface area (TPSA) is 43.9 Å². The van der Waals surface area contributed by atoms with Gasteiger partial charge in [0.25, 0.3) is 0 Å². The van der Waals surface area contributed by atoms with E-state index in [4.69, 9.17) is 0 Å². The molecule has 6 heteroatoms. The van der Waals surface area contributed by atoms with Crippen LogP contribution < -0.4 is 0 Å². The van der Waals surface area contributed by atoms with Crippen LogP contribution >= 0.6 is 0 Å². The van der Waals surface area contributed by atoms with Gasteiger partial charge < -0.3 is 4.90 Å². The van der Waals surface area contributed by atoms with Crippen LogP contribution in [0.4, 0.5) is 0 Å². The molecule has 0 aromatic carbocycles. The predicted octanol–water partition coefficient (Wildman–Crippen LogP) is 2.53. The zero-order chi connectivity index (χ0) is 17.7. The summed E-state index contributed by atoms with van der Waals surface area (Å²) in [5.41, 5.74) is 0. The molecule has 0 aromatic heterocycles. The Morgan fingerprint density at radius 2 is 1.60 bits per heavy atom. The van der Waals surface area contributed by atoms with E-state index in [2.05, 4.69) is 16.7 Å². The molecule has 1 atom stereocenters. The minimum Gasteiger partial charge on any atom is -0.301 e. The molecule has 1 saturated carbocycles. The van der Waals surface area contributed by atoms with E-state index < -0.39 is 10.0 Å². The number of rotatable bonds is 7. The maximum atomic E-state index is 12.7. The maximum Gasteiger partial charge on any atom is 0.216 e. The van der Waals surface area contributed by atoms with Crippen molar-refractivity contribution in [2.75, 3.05) is 45.0 Å². The van der Waals surface area contributed by atoms with Gasteiger partial charge in [0, 0.05) is 44.8 Å². The summed E-state index contributed by atoms with van der Waals surface area (Å²) in [4.78, 5) is 5.01. The Morgan fingerprint density at radius 1 is 0.880 bits per heavy atom. The molecule has 2 aliphatic heterocycles. The number of unbranched alkanes of at least 4 members (excludes halogenated alkanes) is 3. The fourth-order valence-corrected chi connectivity index (χ4v) is 6.85. The van der Waals surface area contributed by atoms with Gasteiger partial charge in [-0.2, -0.15) is 4.31 Å². The van der Waals surface area contributed by atoms with Crippen LogP contribution in [-0.4, -0.2) is 79.6 Å². The first-order valence-electron chi connectivity index (χ1n) is 10.6. The molecular formula is C19H37N3O2S. The molecule has 5 nitrogen and oxygen atoms in total. The fraction of sp³-hybridized carbons (Fsp3) is 1.00. The summed E-state index contributed by atoms with van der Waals surface area (Å²) in [5.74, 6) is 0.347. The molecular weight excluding hydrogens is 334 g/mol. The van der Waals surface area contributed by atoms with Crippen molar-refractivity contribution in [3.63, 3.8) is 0 Å². The van der Waals surface area contributed by atoms with E-state index in [-0.39, 0.29) is 12.1 Å². The number of hydrogen-bond acceptors (Lipinski definition) is 4. The van der Waals surface area contributed by atoms with Gasteiger partial charge in [0.2, 0.25) is 10.0 Å². The molecule has 0 spiro atoms. The Hall–Kier alpha value is -0.170. The van der Waals surface area contributed by atoms with Crippen LogP contribution in [0.15, 0.2) is 0 Å². The minimum absolute atomic E-state index is 0.217. The van der Waals surface area contributed by atoms with Gasteiger partial charge in [0.05, 0.1) is 5.75 Å². The Balaban J connectivity index is 1.46. The third kappa shape index (κ3) is 5.18. The zero-order valence-corrected chi connectivity index (χ0v) is 16.9. The van der Waals surface area contributed by atoms with E-state index >= 15 is 0 Å². The molecule has 0 bridgehead atoms. The second-order valence-corrected chi connectivity index (χ2v) is 10.2. The summed E-state index contributed by atoms with van der Waals surface area (Å²) < 4.78 is 27.2. The predicted molar refractivity (Wildman–Crippen MR) is 103 cm³/mol. The molecule has 25 heavy (non-hydrogen) atoms. The molecule has 0 aromatic rings. The van der Waals surface area contributed by atoms with Gasteiger partial charge in [0.15, 0.2) is 0 Å². The third-order valence-corrected chi connectivity index (χ3v) is 8.35. The third-order valence-electron chi connectivity index (χ3n) is 6.38. The van der Waals surface area contributed by atoms with Crippen LogP contribution in [-0.2, 0) is 10.0 Å². The summed E-state index contributed by atoms with van der Waals surface area (Å²) in [5, 5.41) is 0. The Kier molecular flexibility index (Phi) is 7.17. The van der Waals surface area contributed by atoms with Gasteiger partial charge in [-0.15, -0.1) is 0 Å². The molecule has 146 valence electrons. The lowest BCUT2D eigenvalue weighted by atomic mass is 9.95. The highest BCUT2D eigenvalue weighted by molar-refractivity contribution is 7.89. The first kappa shape index (κ1) is 19.6. The van der Waals surface area contributed by atoms with Crippen molar-refractivity contribution in [3.8, 4) is 0 Å². The van der Waals surface area contributed by atoms with E-state index in [9.17, 15) is 8.42 Å². The number of piperazine rings is 1. The van der Waals surface area contributed by atoms with Crippen molar-refractivity contribution < 1.29 is 8.42 Å². The highest BCUT2D eigenvalue weighted by Gasteiger charge is 2.43. The lowest BCUT2D eigenvalue weighted by molar-refractivity contribution is 0.0955. The Labute approximate surface area is 154 Å². The van der Waals surface area contributed by atoms with Crippen LogP contribution in [0.2, 0.25) is 0 Å². The zero-order valence-electron chi connectivity index (χ0n) is 16.0.